The van der Waals surface area contributed by atoms with E-state index >= 15 is 0 Å². The monoisotopic (exact) mass is 547 g/mol. The first kappa shape index (κ1) is 29.2. The molecule has 2 unspecified atom stereocenters. The first-order valence-corrected chi connectivity index (χ1v) is 14.1. The number of halogens is 2. The molecule has 2 atom stereocenters. The van der Waals surface area contributed by atoms with Crippen LogP contribution in [0.5, 0.6) is 0 Å². The topological polar surface area (TPSA) is 69.2 Å². The van der Waals surface area contributed by atoms with Gasteiger partial charge in [-0.05, 0) is 62.5 Å². The summed E-state index contributed by atoms with van der Waals surface area (Å²) in [5, 5.41) is 6.52. The lowest BCUT2D eigenvalue weighted by Gasteiger charge is -2.42. The van der Waals surface area contributed by atoms with Crippen LogP contribution in [-0.4, -0.2) is 59.1 Å². The minimum Gasteiger partial charge on any atom is -0.354 e. The Morgan fingerprint density at radius 1 is 1.07 bits per heavy atom. The molecular formula is C31H39F2N7. The van der Waals surface area contributed by atoms with Crippen molar-refractivity contribution in [3.05, 3.63) is 90.2 Å². The number of allylic oxidation sites excluding steroid dienone is 3. The summed E-state index contributed by atoms with van der Waals surface area (Å²) in [6.45, 7) is 10.1. The lowest BCUT2D eigenvalue weighted by atomic mass is 9.87. The lowest BCUT2D eigenvalue weighted by molar-refractivity contribution is 0.145. The van der Waals surface area contributed by atoms with Gasteiger partial charge in [0.15, 0.2) is 0 Å². The van der Waals surface area contributed by atoms with E-state index in [2.05, 4.69) is 37.7 Å². The Labute approximate surface area is 236 Å². The van der Waals surface area contributed by atoms with Crippen molar-refractivity contribution in [2.24, 2.45) is 5.92 Å². The number of benzene rings is 1. The van der Waals surface area contributed by atoms with E-state index in [4.69, 9.17) is 9.97 Å². The number of aromatic nitrogens is 3. The zero-order valence-corrected chi connectivity index (χ0v) is 23.2. The van der Waals surface area contributed by atoms with Gasteiger partial charge in [0.05, 0.1) is 0 Å². The van der Waals surface area contributed by atoms with Crippen LogP contribution in [0.2, 0.25) is 0 Å². The molecule has 1 aromatic heterocycles. The largest absolute Gasteiger partial charge is 0.354 e. The maximum atomic E-state index is 13.9. The second-order valence-electron chi connectivity index (χ2n) is 9.92. The molecule has 2 aromatic rings. The molecule has 40 heavy (non-hydrogen) atoms. The van der Waals surface area contributed by atoms with Crippen molar-refractivity contribution in [3.63, 3.8) is 0 Å². The van der Waals surface area contributed by atoms with E-state index in [-0.39, 0.29) is 23.6 Å². The highest BCUT2D eigenvalue weighted by Crippen LogP contribution is 2.35. The predicted molar refractivity (Wildman–Crippen MR) is 159 cm³/mol. The van der Waals surface area contributed by atoms with Gasteiger partial charge >= 0.3 is 0 Å². The Hall–Kier alpha value is -3.81. The zero-order chi connectivity index (χ0) is 28.2. The van der Waals surface area contributed by atoms with Crippen LogP contribution in [0.25, 0.3) is 0 Å². The lowest BCUT2D eigenvalue weighted by Crippen LogP contribution is -2.49. The van der Waals surface area contributed by atoms with E-state index < -0.39 is 0 Å². The molecule has 0 bridgehead atoms. The Morgan fingerprint density at radius 3 is 2.55 bits per heavy atom. The molecular weight excluding hydrogens is 508 g/mol. The van der Waals surface area contributed by atoms with Gasteiger partial charge < -0.3 is 15.5 Å². The van der Waals surface area contributed by atoms with E-state index in [0.29, 0.717) is 37.4 Å². The molecule has 2 N–H and O–H groups in total. The summed E-state index contributed by atoms with van der Waals surface area (Å²) >= 11 is 0. The average molecular weight is 548 g/mol. The third-order valence-electron chi connectivity index (χ3n) is 7.09. The van der Waals surface area contributed by atoms with Crippen LogP contribution in [0.1, 0.15) is 44.2 Å². The summed E-state index contributed by atoms with van der Waals surface area (Å²) in [7, 11) is 0. The van der Waals surface area contributed by atoms with Gasteiger partial charge in [-0.15, -0.1) is 12.3 Å². The van der Waals surface area contributed by atoms with Crippen molar-refractivity contribution in [2.75, 3.05) is 54.8 Å². The Kier molecular flexibility index (Phi) is 11.0. The second kappa shape index (κ2) is 15.1. The zero-order valence-electron chi connectivity index (χ0n) is 23.2. The van der Waals surface area contributed by atoms with Crippen molar-refractivity contribution in [1.82, 2.24) is 19.9 Å². The van der Waals surface area contributed by atoms with Gasteiger partial charge in [0.2, 0.25) is 17.8 Å². The molecule has 1 aromatic carbocycles. The first-order valence-electron chi connectivity index (χ1n) is 14.1. The third-order valence-corrected chi connectivity index (χ3v) is 7.09. The van der Waals surface area contributed by atoms with E-state index in [0.717, 1.165) is 51.0 Å². The highest BCUT2D eigenvalue weighted by Gasteiger charge is 2.31. The molecule has 0 radical (unpaired) electrons. The van der Waals surface area contributed by atoms with Crippen LogP contribution in [-0.2, 0) is 0 Å². The fraction of sp³-hybridized carbons (Fsp3) is 0.419. The Morgan fingerprint density at radius 2 is 1.82 bits per heavy atom. The normalized spacial score (nSPS) is 20.3. The molecule has 2 aliphatic rings. The molecule has 7 nitrogen and oxygen atoms in total. The number of nitrogens with zero attached hydrogens (tertiary/aromatic N) is 5. The van der Waals surface area contributed by atoms with Crippen LogP contribution in [0.4, 0.5) is 26.6 Å². The van der Waals surface area contributed by atoms with Crippen molar-refractivity contribution in [2.45, 2.75) is 38.6 Å². The Balaban J connectivity index is 1.54. The molecule has 0 amide bonds. The molecule has 4 rings (SSSR count). The maximum absolute atomic E-state index is 13.9. The van der Waals surface area contributed by atoms with Gasteiger partial charge in [-0.2, -0.15) is 15.0 Å². The fourth-order valence-electron chi connectivity index (χ4n) is 5.04. The summed E-state index contributed by atoms with van der Waals surface area (Å²) in [5.74, 6) is 1.30. The van der Waals surface area contributed by atoms with Crippen LogP contribution >= 0.6 is 0 Å². The van der Waals surface area contributed by atoms with Gasteiger partial charge in [-0.1, -0.05) is 30.4 Å². The highest BCUT2D eigenvalue weighted by molar-refractivity contribution is 5.44. The number of hydrogen-bond donors (Lipinski definition) is 2. The number of nitrogens with one attached hydrogen (secondary N) is 2. The van der Waals surface area contributed by atoms with Crippen molar-refractivity contribution < 1.29 is 8.78 Å². The number of anilines is 3. The summed E-state index contributed by atoms with van der Waals surface area (Å²) in [5.41, 5.74) is 4.11. The first-order chi connectivity index (χ1) is 19.6. The van der Waals surface area contributed by atoms with Crippen LogP contribution in [0, 0.1) is 11.7 Å². The molecule has 0 spiro atoms. The third kappa shape index (κ3) is 8.34. The van der Waals surface area contributed by atoms with Gasteiger partial charge in [-0.3, -0.25) is 4.90 Å². The standard InChI is InChI=1S/C31H39F2N7/c1-3-5-18-34-29-36-30(35-19-6-4-2)38-31(37-29)40-22-20-39(21-23-40)28(25-14-16-27(33)17-15-25)24-10-7-8-12-26(32)13-9-11-24/h3-4,6,11-17,24,28H,1,5,7-8,10,18-23H2,2H3,(H2,34,35,36,37,38)/b6-4-,26-12+. The van der Waals surface area contributed by atoms with Gasteiger partial charge in [0.25, 0.3) is 0 Å². The summed E-state index contributed by atoms with van der Waals surface area (Å²) in [6, 6.07) is 6.79. The summed E-state index contributed by atoms with van der Waals surface area (Å²) < 4.78 is 27.7. The molecule has 1 aliphatic carbocycles. The van der Waals surface area contributed by atoms with Crippen LogP contribution < -0.4 is 15.5 Å². The van der Waals surface area contributed by atoms with Gasteiger partial charge in [0, 0.05) is 57.3 Å². The molecule has 9 heteroatoms. The molecule has 2 heterocycles. The van der Waals surface area contributed by atoms with Gasteiger partial charge in [-0.25, -0.2) is 8.78 Å². The quantitative estimate of drug-likeness (QED) is 0.197. The summed E-state index contributed by atoms with van der Waals surface area (Å²) in [6.07, 6.45) is 14.1. The Bertz CT molecular complexity index is 1230. The number of hydrogen-bond acceptors (Lipinski definition) is 7. The molecule has 212 valence electrons. The predicted octanol–water partition coefficient (Wildman–Crippen LogP) is 6.21. The number of rotatable bonds is 11. The van der Waals surface area contributed by atoms with Crippen molar-refractivity contribution in [1.29, 1.82) is 0 Å². The molecule has 1 fully saturated rings. The smallest absolute Gasteiger partial charge is 0.232 e. The SMILES string of the molecule is C=CCCNc1nc(NC/C=C\C)nc(N2CCN(C(c3ccc(F)cc3)C3C=C=C/C(F)=C\CCC3)CC2)n1. The molecule has 0 saturated carbocycles. The number of piperazine rings is 1. The van der Waals surface area contributed by atoms with Crippen molar-refractivity contribution in [3.8, 4) is 0 Å². The van der Waals surface area contributed by atoms with Crippen LogP contribution in [0.15, 0.2) is 78.9 Å². The minimum absolute atomic E-state index is 0.0253. The fourth-order valence-corrected chi connectivity index (χ4v) is 5.04. The van der Waals surface area contributed by atoms with Crippen molar-refractivity contribution >= 4 is 17.8 Å². The minimum atomic E-state index is -0.255. The molecule has 1 aliphatic heterocycles. The maximum Gasteiger partial charge on any atom is 0.232 e. The highest BCUT2D eigenvalue weighted by atomic mass is 19.1. The van der Waals surface area contributed by atoms with E-state index in [1.807, 2.05) is 43.4 Å². The summed E-state index contributed by atoms with van der Waals surface area (Å²) in [4.78, 5) is 18.5. The second-order valence-corrected chi connectivity index (χ2v) is 9.92. The van der Waals surface area contributed by atoms with Crippen LogP contribution in [0.3, 0.4) is 0 Å². The molecule has 1 saturated heterocycles. The van der Waals surface area contributed by atoms with E-state index in [9.17, 15) is 8.78 Å². The average Bonchev–Trinajstić information content (AvgIpc) is 3.07. The van der Waals surface area contributed by atoms with Gasteiger partial charge in [0.1, 0.15) is 11.6 Å². The van der Waals surface area contributed by atoms with E-state index in [1.165, 1.54) is 18.2 Å². The van der Waals surface area contributed by atoms with E-state index in [1.54, 1.807) is 6.08 Å².